The Labute approximate surface area is 194 Å². The van der Waals surface area contributed by atoms with Crippen LogP contribution in [-0.4, -0.2) is 18.1 Å². The van der Waals surface area contributed by atoms with Crippen LogP contribution in [0.1, 0.15) is 76.3 Å². The predicted octanol–water partition coefficient (Wildman–Crippen LogP) is 7.08. The van der Waals surface area contributed by atoms with E-state index in [9.17, 15) is 4.79 Å². The Bertz CT molecular complexity index is 846. The summed E-state index contributed by atoms with van der Waals surface area (Å²) < 4.78 is 1.21. The van der Waals surface area contributed by atoms with Crippen molar-refractivity contribution in [3.05, 3.63) is 57.2 Å². The van der Waals surface area contributed by atoms with Gasteiger partial charge in [-0.3, -0.25) is 0 Å². The first kappa shape index (κ1) is 22.9. The van der Waals surface area contributed by atoms with Gasteiger partial charge in [-0.2, -0.15) is 0 Å². The van der Waals surface area contributed by atoms with Gasteiger partial charge in [0.1, 0.15) is 0 Å². The average Bonchev–Trinajstić information content (AvgIpc) is 3.17. The zero-order chi connectivity index (χ0) is 21.7. The average molecular weight is 519 g/mol. The number of amides is 2. The maximum absolute atomic E-state index is 12.9. The number of benzene rings is 2. The minimum Gasteiger partial charge on any atom is -0.377 e. The maximum atomic E-state index is 12.9. The van der Waals surface area contributed by atoms with Crippen LogP contribution in [-0.2, 0) is 0 Å². The molecule has 0 unspecified atom stereocenters. The maximum Gasteiger partial charge on any atom is 0.319 e. The van der Waals surface area contributed by atoms with E-state index in [4.69, 9.17) is 0 Å². The van der Waals surface area contributed by atoms with Gasteiger partial charge in [0.15, 0.2) is 0 Å². The molecule has 0 bridgehead atoms. The van der Waals surface area contributed by atoms with Crippen molar-refractivity contribution in [1.29, 1.82) is 0 Å². The van der Waals surface area contributed by atoms with Gasteiger partial charge in [0.2, 0.25) is 0 Å². The van der Waals surface area contributed by atoms with E-state index in [1.165, 1.54) is 27.5 Å². The van der Waals surface area contributed by atoms with E-state index in [0.717, 1.165) is 24.2 Å². The molecule has 0 saturated heterocycles. The van der Waals surface area contributed by atoms with Gasteiger partial charge in [-0.25, -0.2) is 4.79 Å². The van der Waals surface area contributed by atoms with Crippen molar-refractivity contribution in [2.45, 2.75) is 70.8 Å². The van der Waals surface area contributed by atoms with Gasteiger partial charge in [0.25, 0.3) is 0 Å². The Morgan fingerprint density at radius 3 is 2.13 bits per heavy atom. The standard InChI is InChI=1S/C25H34IN3O/c1-17(2)19-10-9-11-20(18(3)4)23(19)28-24(30)27-16-25(14-7-8-15-25)29-22-13-6-5-12-21(22)26/h5-6,9-13,17-18,29H,7-8,14-16H2,1-4H3,(H2,27,28,30). The zero-order valence-electron chi connectivity index (χ0n) is 18.5. The van der Waals surface area contributed by atoms with E-state index in [-0.39, 0.29) is 11.6 Å². The molecule has 5 heteroatoms. The van der Waals surface area contributed by atoms with Gasteiger partial charge < -0.3 is 16.0 Å². The number of urea groups is 1. The van der Waals surface area contributed by atoms with Gasteiger partial charge in [0, 0.05) is 21.5 Å². The van der Waals surface area contributed by atoms with Gasteiger partial charge in [-0.05, 0) is 70.5 Å². The quantitative estimate of drug-likeness (QED) is 0.343. The Hall–Kier alpha value is -1.76. The lowest BCUT2D eigenvalue weighted by Crippen LogP contribution is -2.48. The smallest absolute Gasteiger partial charge is 0.319 e. The number of carbonyl (C=O) groups is 1. The molecule has 2 amide bonds. The van der Waals surface area contributed by atoms with Crippen molar-refractivity contribution in [3.63, 3.8) is 0 Å². The largest absolute Gasteiger partial charge is 0.377 e. The second-order valence-electron chi connectivity index (χ2n) is 9.02. The summed E-state index contributed by atoms with van der Waals surface area (Å²) in [6.07, 6.45) is 4.51. The molecule has 4 nitrogen and oxygen atoms in total. The van der Waals surface area contributed by atoms with Gasteiger partial charge in [0.05, 0.1) is 5.54 Å². The molecule has 2 aromatic carbocycles. The fourth-order valence-electron chi connectivity index (χ4n) is 4.35. The summed E-state index contributed by atoms with van der Waals surface area (Å²) in [7, 11) is 0. The Morgan fingerprint density at radius 2 is 1.57 bits per heavy atom. The van der Waals surface area contributed by atoms with Gasteiger partial charge in [-0.1, -0.05) is 70.9 Å². The number of para-hydroxylation sites is 2. The number of halogens is 1. The van der Waals surface area contributed by atoms with Crippen molar-refractivity contribution >= 4 is 40.0 Å². The van der Waals surface area contributed by atoms with E-state index in [1.807, 2.05) is 0 Å². The molecule has 2 aromatic rings. The van der Waals surface area contributed by atoms with Gasteiger partial charge >= 0.3 is 6.03 Å². The van der Waals surface area contributed by atoms with Crippen LogP contribution in [0.25, 0.3) is 0 Å². The zero-order valence-corrected chi connectivity index (χ0v) is 20.7. The molecule has 0 aliphatic heterocycles. The van der Waals surface area contributed by atoms with E-state index in [0.29, 0.717) is 18.4 Å². The summed E-state index contributed by atoms with van der Waals surface area (Å²) in [5.74, 6) is 0.698. The van der Waals surface area contributed by atoms with Crippen LogP contribution in [0, 0.1) is 3.57 Å². The third kappa shape index (κ3) is 5.48. The molecule has 1 fully saturated rings. The molecule has 0 radical (unpaired) electrons. The first-order valence-electron chi connectivity index (χ1n) is 11.0. The SMILES string of the molecule is CC(C)c1cccc(C(C)C)c1NC(=O)NCC1(Nc2ccccc2I)CCCC1. The fraction of sp³-hybridized carbons (Fsp3) is 0.480. The molecule has 0 aromatic heterocycles. The lowest BCUT2D eigenvalue weighted by Gasteiger charge is -2.32. The van der Waals surface area contributed by atoms with Crippen LogP contribution in [0.3, 0.4) is 0 Å². The second kappa shape index (κ2) is 10.0. The summed E-state index contributed by atoms with van der Waals surface area (Å²) in [6.45, 7) is 9.29. The number of rotatable bonds is 7. The minimum atomic E-state index is -0.124. The number of hydrogen-bond acceptors (Lipinski definition) is 2. The summed E-state index contributed by atoms with van der Waals surface area (Å²) in [5.41, 5.74) is 4.39. The lowest BCUT2D eigenvalue weighted by atomic mass is 9.92. The van der Waals surface area contributed by atoms with E-state index >= 15 is 0 Å². The van der Waals surface area contributed by atoms with Crippen molar-refractivity contribution in [1.82, 2.24) is 5.32 Å². The molecule has 162 valence electrons. The lowest BCUT2D eigenvalue weighted by molar-refractivity contribution is 0.249. The molecule has 1 aliphatic carbocycles. The molecule has 3 rings (SSSR count). The van der Waals surface area contributed by atoms with E-state index in [1.54, 1.807) is 0 Å². The summed E-state index contributed by atoms with van der Waals surface area (Å²) in [5, 5.41) is 10.1. The number of carbonyl (C=O) groups excluding carboxylic acids is 1. The summed E-state index contributed by atoms with van der Waals surface area (Å²) in [6, 6.07) is 14.5. The molecule has 0 atom stereocenters. The Balaban J connectivity index is 1.72. The molecule has 1 saturated carbocycles. The van der Waals surface area contributed by atoms with Gasteiger partial charge in [-0.15, -0.1) is 0 Å². The molecule has 1 aliphatic rings. The predicted molar refractivity (Wildman–Crippen MR) is 136 cm³/mol. The number of anilines is 2. The van der Waals surface area contributed by atoms with Crippen LogP contribution in [0.4, 0.5) is 16.2 Å². The minimum absolute atomic E-state index is 0.0863. The van der Waals surface area contributed by atoms with Crippen LogP contribution < -0.4 is 16.0 Å². The van der Waals surface area contributed by atoms with Crippen LogP contribution in [0.15, 0.2) is 42.5 Å². The Kier molecular flexibility index (Phi) is 7.66. The molecule has 3 N–H and O–H groups in total. The Morgan fingerprint density at radius 1 is 0.967 bits per heavy atom. The van der Waals surface area contributed by atoms with Crippen LogP contribution >= 0.6 is 22.6 Å². The van der Waals surface area contributed by atoms with Crippen molar-refractivity contribution in [3.8, 4) is 0 Å². The van der Waals surface area contributed by atoms with Crippen molar-refractivity contribution < 1.29 is 4.79 Å². The third-order valence-corrected chi connectivity index (χ3v) is 6.97. The second-order valence-corrected chi connectivity index (χ2v) is 10.2. The fourth-order valence-corrected chi connectivity index (χ4v) is 4.87. The monoisotopic (exact) mass is 519 g/mol. The van der Waals surface area contributed by atoms with Crippen molar-refractivity contribution in [2.75, 3.05) is 17.2 Å². The summed E-state index contributed by atoms with van der Waals surface area (Å²) >= 11 is 2.37. The van der Waals surface area contributed by atoms with E-state index in [2.05, 4.69) is 109 Å². The highest BCUT2D eigenvalue weighted by molar-refractivity contribution is 14.1. The highest BCUT2D eigenvalue weighted by Crippen LogP contribution is 2.35. The third-order valence-electron chi connectivity index (χ3n) is 6.03. The molecular weight excluding hydrogens is 485 g/mol. The van der Waals surface area contributed by atoms with Crippen LogP contribution in [0.5, 0.6) is 0 Å². The molecule has 30 heavy (non-hydrogen) atoms. The molecular formula is C25H34IN3O. The number of nitrogens with one attached hydrogen (secondary N) is 3. The highest BCUT2D eigenvalue weighted by atomic mass is 127. The highest BCUT2D eigenvalue weighted by Gasteiger charge is 2.34. The van der Waals surface area contributed by atoms with E-state index < -0.39 is 0 Å². The first-order chi connectivity index (χ1) is 14.3. The van der Waals surface area contributed by atoms with Crippen molar-refractivity contribution in [2.24, 2.45) is 0 Å². The summed E-state index contributed by atoms with van der Waals surface area (Å²) in [4.78, 5) is 12.9. The van der Waals surface area contributed by atoms with Crippen LogP contribution in [0.2, 0.25) is 0 Å². The molecule has 0 heterocycles. The normalized spacial score (nSPS) is 15.4. The molecule has 0 spiro atoms. The number of hydrogen-bond donors (Lipinski definition) is 3. The first-order valence-corrected chi connectivity index (χ1v) is 12.1. The topological polar surface area (TPSA) is 53.2 Å².